The van der Waals surface area contributed by atoms with Crippen molar-refractivity contribution in [3.63, 3.8) is 0 Å². The number of pyridine rings is 2. The van der Waals surface area contributed by atoms with Crippen LogP contribution in [0.2, 0.25) is 0 Å². The van der Waals surface area contributed by atoms with Crippen molar-refractivity contribution in [2.75, 3.05) is 5.73 Å². The third-order valence-corrected chi connectivity index (χ3v) is 3.78. The molecule has 0 aliphatic carbocycles. The summed E-state index contributed by atoms with van der Waals surface area (Å²) in [5, 5.41) is 4.47. The Morgan fingerprint density at radius 3 is 2.27 bits per heavy atom. The van der Waals surface area contributed by atoms with Crippen LogP contribution in [0, 0.1) is 11.6 Å². The monoisotopic (exact) mass is 352 g/mol. The molecule has 2 N–H and O–H groups in total. The molecule has 26 heavy (non-hydrogen) atoms. The molecule has 3 aromatic heterocycles. The van der Waals surface area contributed by atoms with Gasteiger partial charge in [0, 0.05) is 17.3 Å². The fraction of sp³-hybridized carbons (Fsp3) is 0.100. The fourth-order valence-corrected chi connectivity index (χ4v) is 2.72. The number of nitrogen functional groups attached to an aromatic ring is 1. The predicted octanol–water partition coefficient (Wildman–Crippen LogP) is 4.95. The Bertz CT molecular complexity index is 1040. The minimum absolute atomic E-state index is 0.330. The van der Waals surface area contributed by atoms with Gasteiger partial charge in [-0.1, -0.05) is 13.8 Å². The molecule has 0 radical (unpaired) electrons. The number of anilines is 1. The molecule has 0 aliphatic rings. The highest BCUT2D eigenvalue weighted by Gasteiger charge is 2.17. The van der Waals surface area contributed by atoms with Gasteiger partial charge in [0.15, 0.2) is 0 Å². The van der Waals surface area contributed by atoms with E-state index in [1.807, 2.05) is 19.9 Å². The first-order chi connectivity index (χ1) is 12.6. The molecule has 0 saturated heterocycles. The zero-order valence-corrected chi connectivity index (χ0v) is 14.4. The Morgan fingerprint density at radius 2 is 1.58 bits per heavy atom. The maximum Gasteiger partial charge on any atom is 0.141 e. The average molecular weight is 352 g/mol. The standard InChI is InChI=1S/C18H12F2N4.C2H6/c19-13-3-1-11(2-4-13)18-17(12-7-8-22-16(21)9-12)15-6-5-14(20)10-24(15)23-18;1-2/h1-10H,(H2,21,22);1-2H3. The van der Waals surface area contributed by atoms with Gasteiger partial charge in [-0.2, -0.15) is 5.10 Å². The normalized spacial score (nSPS) is 10.5. The molecule has 0 saturated carbocycles. The number of hydrogen-bond donors (Lipinski definition) is 1. The summed E-state index contributed by atoms with van der Waals surface area (Å²) in [6, 6.07) is 12.6. The number of fused-ring (bicyclic) bond motifs is 1. The highest BCUT2D eigenvalue weighted by molar-refractivity contribution is 5.92. The van der Waals surface area contributed by atoms with E-state index in [2.05, 4.69) is 10.1 Å². The molecule has 0 atom stereocenters. The Balaban J connectivity index is 0.000000948. The maximum atomic E-state index is 13.6. The van der Waals surface area contributed by atoms with Gasteiger partial charge in [-0.15, -0.1) is 0 Å². The molecular weight excluding hydrogens is 334 g/mol. The van der Waals surface area contributed by atoms with Crippen LogP contribution in [0.3, 0.4) is 0 Å². The lowest BCUT2D eigenvalue weighted by Crippen LogP contribution is -1.90. The quantitative estimate of drug-likeness (QED) is 0.555. The van der Waals surface area contributed by atoms with Gasteiger partial charge in [-0.25, -0.2) is 18.3 Å². The van der Waals surface area contributed by atoms with Crippen molar-refractivity contribution in [3.8, 4) is 22.4 Å². The molecule has 0 amide bonds. The van der Waals surface area contributed by atoms with E-state index in [1.54, 1.807) is 30.5 Å². The van der Waals surface area contributed by atoms with E-state index in [9.17, 15) is 8.78 Å². The highest BCUT2D eigenvalue weighted by atomic mass is 19.1. The molecule has 6 heteroatoms. The third-order valence-electron chi connectivity index (χ3n) is 3.78. The van der Waals surface area contributed by atoms with Gasteiger partial charge in [-0.05, 0) is 54.1 Å². The van der Waals surface area contributed by atoms with Crippen LogP contribution in [0.25, 0.3) is 27.9 Å². The van der Waals surface area contributed by atoms with E-state index in [0.29, 0.717) is 11.5 Å². The molecule has 132 valence electrons. The molecule has 0 fully saturated rings. The third kappa shape index (κ3) is 3.26. The minimum atomic E-state index is -0.392. The van der Waals surface area contributed by atoms with Crippen LogP contribution in [-0.4, -0.2) is 14.6 Å². The summed E-state index contributed by atoms with van der Waals surface area (Å²) >= 11 is 0. The predicted molar refractivity (Wildman–Crippen MR) is 99.5 cm³/mol. The molecule has 0 bridgehead atoms. The summed E-state index contributed by atoms with van der Waals surface area (Å²) < 4.78 is 28.3. The highest BCUT2D eigenvalue weighted by Crippen LogP contribution is 2.35. The van der Waals surface area contributed by atoms with Gasteiger partial charge in [0.2, 0.25) is 0 Å². The number of nitrogens with zero attached hydrogens (tertiary/aromatic N) is 3. The van der Waals surface area contributed by atoms with Crippen molar-refractivity contribution < 1.29 is 8.78 Å². The van der Waals surface area contributed by atoms with Gasteiger partial charge in [-0.3, -0.25) is 0 Å². The zero-order valence-electron chi connectivity index (χ0n) is 14.4. The Labute approximate surface area is 149 Å². The maximum absolute atomic E-state index is 13.6. The fourth-order valence-electron chi connectivity index (χ4n) is 2.72. The second-order valence-corrected chi connectivity index (χ2v) is 5.38. The van der Waals surface area contributed by atoms with Crippen LogP contribution in [0.4, 0.5) is 14.6 Å². The van der Waals surface area contributed by atoms with Crippen molar-refractivity contribution in [1.82, 2.24) is 14.6 Å². The van der Waals surface area contributed by atoms with Crippen molar-refractivity contribution in [2.24, 2.45) is 0 Å². The molecule has 0 aliphatic heterocycles. The van der Waals surface area contributed by atoms with E-state index in [-0.39, 0.29) is 5.82 Å². The van der Waals surface area contributed by atoms with Gasteiger partial charge in [0.25, 0.3) is 0 Å². The smallest absolute Gasteiger partial charge is 0.141 e. The topological polar surface area (TPSA) is 56.2 Å². The summed E-state index contributed by atoms with van der Waals surface area (Å²) in [6.07, 6.45) is 2.91. The van der Waals surface area contributed by atoms with Crippen LogP contribution in [-0.2, 0) is 0 Å². The van der Waals surface area contributed by atoms with E-state index in [4.69, 9.17) is 5.73 Å². The van der Waals surface area contributed by atoms with Crippen LogP contribution in [0.1, 0.15) is 13.8 Å². The SMILES string of the molecule is CC.Nc1cc(-c2c(-c3ccc(F)cc3)nn3cc(F)ccc23)ccn1. The van der Waals surface area contributed by atoms with Crippen LogP contribution < -0.4 is 5.73 Å². The summed E-state index contributed by atoms with van der Waals surface area (Å²) in [4.78, 5) is 4.00. The van der Waals surface area contributed by atoms with Crippen LogP contribution in [0.15, 0.2) is 60.9 Å². The van der Waals surface area contributed by atoms with Gasteiger partial charge < -0.3 is 5.73 Å². The first kappa shape index (κ1) is 17.5. The molecule has 0 unspecified atom stereocenters. The number of halogens is 2. The second kappa shape index (κ2) is 7.31. The van der Waals surface area contributed by atoms with E-state index in [0.717, 1.165) is 22.2 Å². The molecule has 4 nitrogen and oxygen atoms in total. The van der Waals surface area contributed by atoms with E-state index in [1.165, 1.54) is 28.9 Å². The Kier molecular flexibility index (Phi) is 4.93. The van der Waals surface area contributed by atoms with Crippen molar-refractivity contribution in [3.05, 3.63) is 72.6 Å². The number of rotatable bonds is 2. The zero-order chi connectivity index (χ0) is 18.7. The van der Waals surface area contributed by atoms with Crippen LogP contribution in [0.5, 0.6) is 0 Å². The van der Waals surface area contributed by atoms with E-state index >= 15 is 0 Å². The van der Waals surface area contributed by atoms with Crippen LogP contribution >= 0.6 is 0 Å². The molecule has 4 aromatic rings. The Morgan fingerprint density at radius 1 is 0.885 bits per heavy atom. The van der Waals surface area contributed by atoms with Gasteiger partial charge in [0.1, 0.15) is 23.1 Å². The summed E-state index contributed by atoms with van der Waals surface area (Å²) in [5.74, 6) is -0.348. The first-order valence-electron chi connectivity index (χ1n) is 8.27. The molecule has 0 spiro atoms. The minimum Gasteiger partial charge on any atom is -0.384 e. The largest absolute Gasteiger partial charge is 0.384 e. The molecule has 3 heterocycles. The van der Waals surface area contributed by atoms with Crippen molar-refractivity contribution >= 4 is 11.3 Å². The molecule has 1 aromatic carbocycles. The lowest BCUT2D eigenvalue weighted by atomic mass is 10.0. The number of aromatic nitrogens is 3. The number of benzene rings is 1. The number of nitrogens with two attached hydrogens (primary N) is 1. The van der Waals surface area contributed by atoms with Gasteiger partial charge in [0.05, 0.1) is 11.7 Å². The van der Waals surface area contributed by atoms with Gasteiger partial charge >= 0.3 is 0 Å². The lowest BCUT2D eigenvalue weighted by molar-refractivity contribution is 0.615. The second-order valence-electron chi connectivity index (χ2n) is 5.38. The van der Waals surface area contributed by atoms with Crippen molar-refractivity contribution in [2.45, 2.75) is 13.8 Å². The lowest BCUT2D eigenvalue weighted by Gasteiger charge is -2.05. The first-order valence-corrected chi connectivity index (χ1v) is 8.27. The van der Waals surface area contributed by atoms with E-state index < -0.39 is 5.82 Å². The molecule has 4 rings (SSSR count). The molecular formula is C20H18F2N4. The number of hydrogen-bond acceptors (Lipinski definition) is 3. The summed E-state index contributed by atoms with van der Waals surface area (Å²) in [6.45, 7) is 4.00. The average Bonchev–Trinajstić information content (AvgIpc) is 3.02. The summed E-state index contributed by atoms with van der Waals surface area (Å²) in [7, 11) is 0. The summed E-state index contributed by atoms with van der Waals surface area (Å²) in [5.41, 5.74) is 9.46. The van der Waals surface area contributed by atoms with Crippen molar-refractivity contribution in [1.29, 1.82) is 0 Å². The Hall–Kier alpha value is -3.28.